The zero-order valence-corrected chi connectivity index (χ0v) is 12.9. The molecule has 0 saturated carbocycles. The number of aromatic nitrogens is 3. The van der Waals surface area contributed by atoms with Gasteiger partial charge in [-0.2, -0.15) is 0 Å². The van der Waals surface area contributed by atoms with Crippen LogP contribution < -0.4 is 10.6 Å². The van der Waals surface area contributed by atoms with Crippen molar-refractivity contribution in [2.45, 2.75) is 13.0 Å². The van der Waals surface area contributed by atoms with E-state index < -0.39 is 0 Å². The van der Waals surface area contributed by atoms with Gasteiger partial charge in [0.2, 0.25) is 11.9 Å². The SMILES string of the molecule is O=C1Cc2cnc(NCc3ccncc3)nc2-c2ccccc2N1. The van der Waals surface area contributed by atoms with Crippen LogP contribution in [0.25, 0.3) is 11.3 Å². The summed E-state index contributed by atoms with van der Waals surface area (Å²) in [6.07, 6.45) is 5.50. The lowest BCUT2D eigenvalue weighted by atomic mass is 10.1. The first kappa shape index (κ1) is 14.3. The molecule has 6 nitrogen and oxygen atoms in total. The second-order valence-electron chi connectivity index (χ2n) is 5.55. The Labute approximate surface area is 139 Å². The average molecular weight is 317 g/mol. The Morgan fingerprint density at radius 2 is 1.96 bits per heavy atom. The van der Waals surface area contributed by atoms with Crippen molar-refractivity contribution in [2.75, 3.05) is 10.6 Å². The van der Waals surface area contributed by atoms with Crippen LogP contribution in [0.4, 0.5) is 11.6 Å². The predicted octanol–water partition coefficient (Wildman–Crippen LogP) is 2.65. The van der Waals surface area contributed by atoms with Gasteiger partial charge in [-0.25, -0.2) is 9.97 Å². The maximum absolute atomic E-state index is 12.0. The highest BCUT2D eigenvalue weighted by molar-refractivity contribution is 5.99. The largest absolute Gasteiger partial charge is 0.350 e. The molecule has 0 radical (unpaired) electrons. The number of fused-ring (bicyclic) bond motifs is 3. The second-order valence-corrected chi connectivity index (χ2v) is 5.55. The van der Waals surface area contributed by atoms with E-state index in [1.807, 2.05) is 36.4 Å². The molecule has 118 valence electrons. The lowest BCUT2D eigenvalue weighted by molar-refractivity contribution is -0.115. The third kappa shape index (κ3) is 2.81. The molecule has 2 aromatic heterocycles. The van der Waals surface area contributed by atoms with Crippen LogP contribution in [0.2, 0.25) is 0 Å². The second kappa shape index (κ2) is 6.08. The van der Waals surface area contributed by atoms with Crippen LogP contribution in [0, 0.1) is 0 Å². The van der Waals surface area contributed by atoms with Gasteiger partial charge in [0, 0.05) is 36.3 Å². The minimum absolute atomic E-state index is 0.0534. The van der Waals surface area contributed by atoms with Crippen molar-refractivity contribution < 1.29 is 4.79 Å². The predicted molar refractivity (Wildman–Crippen MR) is 91.4 cm³/mol. The van der Waals surface area contributed by atoms with Gasteiger partial charge in [-0.3, -0.25) is 9.78 Å². The van der Waals surface area contributed by atoms with Gasteiger partial charge in [-0.1, -0.05) is 18.2 Å². The molecule has 1 amide bonds. The number of hydrogen-bond acceptors (Lipinski definition) is 5. The number of hydrogen-bond donors (Lipinski definition) is 2. The van der Waals surface area contributed by atoms with Crippen LogP contribution in [0.1, 0.15) is 11.1 Å². The summed E-state index contributed by atoms with van der Waals surface area (Å²) >= 11 is 0. The van der Waals surface area contributed by atoms with E-state index in [0.29, 0.717) is 12.5 Å². The Hall–Kier alpha value is -3.28. The lowest BCUT2D eigenvalue weighted by Crippen LogP contribution is -2.12. The molecule has 1 aliphatic rings. The summed E-state index contributed by atoms with van der Waals surface area (Å²) in [5, 5.41) is 6.13. The fraction of sp³-hybridized carbons (Fsp3) is 0.111. The van der Waals surface area contributed by atoms with Crippen LogP contribution in [-0.4, -0.2) is 20.9 Å². The van der Waals surface area contributed by atoms with Crippen LogP contribution in [0.5, 0.6) is 0 Å². The Morgan fingerprint density at radius 1 is 1.12 bits per heavy atom. The Morgan fingerprint density at radius 3 is 2.83 bits per heavy atom. The van der Waals surface area contributed by atoms with Gasteiger partial charge >= 0.3 is 0 Å². The van der Waals surface area contributed by atoms with Gasteiger partial charge in [0.1, 0.15) is 0 Å². The fourth-order valence-electron chi connectivity index (χ4n) is 2.70. The molecule has 2 N–H and O–H groups in total. The van der Waals surface area contributed by atoms with E-state index in [0.717, 1.165) is 28.1 Å². The minimum Gasteiger partial charge on any atom is -0.350 e. The first-order valence-electron chi connectivity index (χ1n) is 7.67. The van der Waals surface area contributed by atoms with Gasteiger partial charge in [-0.05, 0) is 23.8 Å². The quantitative estimate of drug-likeness (QED) is 0.776. The zero-order valence-electron chi connectivity index (χ0n) is 12.9. The summed E-state index contributed by atoms with van der Waals surface area (Å²) in [4.78, 5) is 25.0. The van der Waals surface area contributed by atoms with E-state index in [-0.39, 0.29) is 12.3 Å². The number of rotatable bonds is 3. The Bertz CT molecular complexity index is 895. The molecule has 4 rings (SSSR count). The summed E-state index contributed by atoms with van der Waals surface area (Å²) < 4.78 is 0. The third-order valence-electron chi connectivity index (χ3n) is 3.87. The number of para-hydroxylation sites is 1. The van der Waals surface area contributed by atoms with Crippen LogP contribution >= 0.6 is 0 Å². The zero-order chi connectivity index (χ0) is 16.4. The van der Waals surface area contributed by atoms with E-state index >= 15 is 0 Å². The van der Waals surface area contributed by atoms with Crippen molar-refractivity contribution in [2.24, 2.45) is 0 Å². The highest BCUT2D eigenvalue weighted by Crippen LogP contribution is 2.32. The summed E-state index contributed by atoms with van der Waals surface area (Å²) in [6.45, 7) is 0.611. The first-order chi connectivity index (χ1) is 11.8. The number of benzene rings is 1. The standard InChI is InChI=1S/C18H15N5O/c24-16-9-13-11-21-18(20-10-12-5-7-19-8-6-12)23-17(13)14-3-1-2-4-15(14)22-16/h1-8,11H,9-10H2,(H,22,24)(H,20,21,23). The van der Waals surface area contributed by atoms with E-state index in [4.69, 9.17) is 0 Å². The number of pyridine rings is 1. The van der Waals surface area contributed by atoms with Crippen molar-refractivity contribution >= 4 is 17.5 Å². The molecule has 0 saturated heterocycles. The fourth-order valence-corrected chi connectivity index (χ4v) is 2.70. The van der Waals surface area contributed by atoms with Crippen LogP contribution in [-0.2, 0) is 17.8 Å². The molecule has 1 aromatic carbocycles. The third-order valence-corrected chi connectivity index (χ3v) is 3.87. The topological polar surface area (TPSA) is 79.8 Å². The Balaban J connectivity index is 1.67. The van der Waals surface area contributed by atoms with Gasteiger partial charge < -0.3 is 10.6 Å². The molecule has 0 atom stereocenters. The van der Waals surface area contributed by atoms with E-state index in [2.05, 4.69) is 25.6 Å². The normalized spacial score (nSPS) is 12.6. The first-order valence-corrected chi connectivity index (χ1v) is 7.67. The van der Waals surface area contributed by atoms with Gasteiger partial charge in [0.15, 0.2) is 0 Å². The van der Waals surface area contributed by atoms with E-state index in [9.17, 15) is 4.79 Å². The maximum Gasteiger partial charge on any atom is 0.228 e. The van der Waals surface area contributed by atoms with Crippen molar-refractivity contribution in [3.63, 3.8) is 0 Å². The monoisotopic (exact) mass is 317 g/mol. The molecule has 0 bridgehead atoms. The number of nitrogens with zero attached hydrogens (tertiary/aromatic N) is 3. The summed E-state index contributed by atoms with van der Waals surface area (Å²) in [6, 6.07) is 11.6. The molecule has 0 fully saturated rings. The van der Waals surface area contributed by atoms with E-state index in [1.165, 1.54) is 0 Å². The molecule has 6 heteroatoms. The molecule has 1 aliphatic heterocycles. The lowest BCUT2D eigenvalue weighted by Gasteiger charge is -2.10. The highest BCUT2D eigenvalue weighted by atomic mass is 16.1. The summed E-state index contributed by atoms with van der Waals surface area (Å²) in [5.74, 6) is 0.483. The summed E-state index contributed by atoms with van der Waals surface area (Å²) in [5.41, 5.74) is 4.40. The van der Waals surface area contributed by atoms with Crippen molar-refractivity contribution in [1.29, 1.82) is 0 Å². The number of carbonyl (C=O) groups excluding carboxylic acids is 1. The number of carbonyl (C=O) groups is 1. The molecular formula is C18H15N5O. The van der Waals surface area contributed by atoms with Gasteiger partial charge in [0.05, 0.1) is 17.8 Å². The van der Waals surface area contributed by atoms with Gasteiger partial charge in [-0.15, -0.1) is 0 Å². The number of nitrogens with one attached hydrogen (secondary N) is 2. The highest BCUT2D eigenvalue weighted by Gasteiger charge is 2.20. The van der Waals surface area contributed by atoms with Crippen LogP contribution in [0.15, 0.2) is 55.0 Å². The molecule has 0 aliphatic carbocycles. The number of anilines is 2. The molecule has 3 aromatic rings. The smallest absolute Gasteiger partial charge is 0.228 e. The van der Waals surface area contributed by atoms with Crippen LogP contribution in [0.3, 0.4) is 0 Å². The van der Waals surface area contributed by atoms with Crippen molar-refractivity contribution in [3.05, 3.63) is 66.1 Å². The van der Waals surface area contributed by atoms with E-state index in [1.54, 1.807) is 18.6 Å². The molecule has 0 spiro atoms. The molecular weight excluding hydrogens is 302 g/mol. The Kier molecular flexibility index (Phi) is 3.63. The molecule has 24 heavy (non-hydrogen) atoms. The summed E-state index contributed by atoms with van der Waals surface area (Å²) in [7, 11) is 0. The molecule has 3 heterocycles. The average Bonchev–Trinajstić information content (AvgIpc) is 2.76. The minimum atomic E-state index is -0.0534. The molecule has 0 unspecified atom stereocenters. The maximum atomic E-state index is 12.0. The number of amides is 1. The van der Waals surface area contributed by atoms with Crippen molar-refractivity contribution in [3.8, 4) is 11.3 Å². The van der Waals surface area contributed by atoms with Crippen molar-refractivity contribution in [1.82, 2.24) is 15.0 Å². The van der Waals surface area contributed by atoms with Gasteiger partial charge in [0.25, 0.3) is 0 Å².